The molecule has 0 aromatic carbocycles. The summed E-state index contributed by atoms with van der Waals surface area (Å²) >= 11 is 16.0. The number of nitrogens with zero attached hydrogens (tertiary/aromatic N) is 1. The van der Waals surface area contributed by atoms with E-state index in [0.717, 1.165) is 0 Å². The third-order valence-electron chi connectivity index (χ3n) is 1.61. The lowest BCUT2D eigenvalue weighted by atomic mass is 10.2. The SMILES string of the molecule is O=C(Cc1cc([N+](=O)[O-])c[nH]1)C(Cl)(Cl)Cl. The van der Waals surface area contributed by atoms with Crippen LogP contribution < -0.4 is 0 Å². The van der Waals surface area contributed by atoms with Crippen molar-refractivity contribution in [1.29, 1.82) is 0 Å². The fourth-order valence-electron chi connectivity index (χ4n) is 0.909. The van der Waals surface area contributed by atoms with Crippen molar-refractivity contribution in [1.82, 2.24) is 4.98 Å². The van der Waals surface area contributed by atoms with Gasteiger partial charge < -0.3 is 4.98 Å². The number of nitro groups is 1. The second kappa shape index (κ2) is 4.38. The van der Waals surface area contributed by atoms with Gasteiger partial charge in [0.15, 0.2) is 5.78 Å². The molecule has 82 valence electrons. The van der Waals surface area contributed by atoms with Gasteiger partial charge in [-0.25, -0.2) is 0 Å². The number of alkyl halides is 3. The van der Waals surface area contributed by atoms with Crippen molar-refractivity contribution >= 4 is 46.3 Å². The smallest absolute Gasteiger partial charge is 0.286 e. The highest BCUT2D eigenvalue weighted by molar-refractivity contribution is 6.76. The number of ketones is 1. The molecule has 5 nitrogen and oxygen atoms in total. The number of carbonyl (C=O) groups excluding carboxylic acids is 1. The Hall–Kier alpha value is -0.780. The molecule has 0 fully saturated rings. The van der Waals surface area contributed by atoms with Crippen LogP contribution >= 0.6 is 34.8 Å². The van der Waals surface area contributed by atoms with Gasteiger partial charge in [-0.05, 0) is 0 Å². The van der Waals surface area contributed by atoms with Gasteiger partial charge in [0.05, 0.1) is 17.5 Å². The molecule has 1 aromatic heterocycles. The minimum absolute atomic E-state index is 0.137. The summed E-state index contributed by atoms with van der Waals surface area (Å²) in [6.45, 7) is 0. The van der Waals surface area contributed by atoms with Crippen LogP contribution in [0.3, 0.4) is 0 Å². The molecule has 0 aliphatic rings. The number of halogens is 3. The minimum Gasteiger partial charge on any atom is -0.359 e. The van der Waals surface area contributed by atoms with Gasteiger partial charge in [0.25, 0.3) is 5.69 Å². The van der Waals surface area contributed by atoms with Crippen molar-refractivity contribution in [3.05, 3.63) is 28.1 Å². The normalized spacial score (nSPS) is 11.4. The Morgan fingerprint density at radius 1 is 1.53 bits per heavy atom. The van der Waals surface area contributed by atoms with Crippen LogP contribution in [0.5, 0.6) is 0 Å². The first kappa shape index (κ1) is 12.3. The molecular formula is C7H5Cl3N2O3. The van der Waals surface area contributed by atoms with Crippen LogP contribution in [0.2, 0.25) is 0 Å². The molecular weight excluding hydrogens is 266 g/mol. The molecule has 1 heterocycles. The summed E-state index contributed by atoms with van der Waals surface area (Å²) in [5, 5.41) is 10.3. The summed E-state index contributed by atoms with van der Waals surface area (Å²) < 4.78 is -2.00. The third kappa shape index (κ3) is 3.37. The van der Waals surface area contributed by atoms with Gasteiger partial charge in [-0.1, -0.05) is 34.8 Å². The highest BCUT2D eigenvalue weighted by Crippen LogP contribution is 2.28. The Morgan fingerprint density at radius 2 is 2.13 bits per heavy atom. The van der Waals surface area contributed by atoms with E-state index < -0.39 is 14.5 Å². The van der Waals surface area contributed by atoms with Gasteiger partial charge in [0, 0.05) is 11.8 Å². The Bertz CT molecular complexity index is 396. The highest BCUT2D eigenvalue weighted by atomic mass is 35.6. The zero-order valence-corrected chi connectivity index (χ0v) is 9.44. The molecule has 0 saturated heterocycles. The molecule has 0 bridgehead atoms. The van der Waals surface area contributed by atoms with E-state index in [1.54, 1.807) is 0 Å². The van der Waals surface area contributed by atoms with Crippen LogP contribution in [0.4, 0.5) is 5.69 Å². The topological polar surface area (TPSA) is 76.0 Å². The number of aromatic nitrogens is 1. The predicted octanol–water partition coefficient (Wildman–Crippen LogP) is 2.40. The van der Waals surface area contributed by atoms with E-state index in [4.69, 9.17) is 34.8 Å². The van der Waals surface area contributed by atoms with Gasteiger partial charge in [0.2, 0.25) is 3.79 Å². The standard InChI is InChI=1S/C7H5Cl3N2O3/c8-7(9,10)6(13)2-4-1-5(3-11-4)12(14)15/h1,3,11H,2H2. The van der Waals surface area contributed by atoms with E-state index in [1.807, 2.05) is 0 Å². The monoisotopic (exact) mass is 270 g/mol. The van der Waals surface area contributed by atoms with Crippen molar-refractivity contribution in [3.8, 4) is 0 Å². The molecule has 15 heavy (non-hydrogen) atoms. The van der Waals surface area contributed by atoms with Crippen molar-refractivity contribution in [3.63, 3.8) is 0 Å². The summed E-state index contributed by atoms with van der Waals surface area (Å²) in [5.41, 5.74) is 0.195. The average molecular weight is 271 g/mol. The zero-order valence-electron chi connectivity index (χ0n) is 7.17. The lowest BCUT2D eigenvalue weighted by molar-refractivity contribution is -0.384. The van der Waals surface area contributed by atoms with Crippen LogP contribution in [-0.4, -0.2) is 19.5 Å². The summed E-state index contributed by atoms with van der Waals surface area (Å²) in [7, 11) is 0. The Morgan fingerprint density at radius 3 is 2.53 bits per heavy atom. The molecule has 0 radical (unpaired) electrons. The largest absolute Gasteiger partial charge is 0.359 e. The van der Waals surface area contributed by atoms with Gasteiger partial charge in [-0.3, -0.25) is 14.9 Å². The first-order valence-electron chi connectivity index (χ1n) is 3.72. The molecule has 0 aliphatic carbocycles. The summed E-state index contributed by atoms with van der Waals surface area (Å²) in [6, 6.07) is 1.22. The number of Topliss-reactive ketones (excluding diaryl/α,β-unsaturated/α-hetero) is 1. The molecule has 1 N–H and O–H groups in total. The maximum absolute atomic E-state index is 11.2. The average Bonchev–Trinajstić information content (AvgIpc) is 2.50. The number of nitrogens with one attached hydrogen (secondary N) is 1. The van der Waals surface area contributed by atoms with Crippen molar-refractivity contribution in [2.75, 3.05) is 0 Å². The fraction of sp³-hybridized carbons (Fsp3) is 0.286. The van der Waals surface area contributed by atoms with E-state index >= 15 is 0 Å². The van der Waals surface area contributed by atoms with Crippen LogP contribution in [0.15, 0.2) is 12.3 Å². The number of aromatic amines is 1. The minimum atomic E-state index is -2.00. The van der Waals surface area contributed by atoms with Crippen molar-refractivity contribution in [2.45, 2.75) is 10.2 Å². The van der Waals surface area contributed by atoms with Crippen molar-refractivity contribution < 1.29 is 9.72 Å². The lowest BCUT2D eigenvalue weighted by Crippen LogP contribution is -2.21. The first-order valence-corrected chi connectivity index (χ1v) is 4.86. The van der Waals surface area contributed by atoms with Crippen LogP contribution in [-0.2, 0) is 11.2 Å². The molecule has 0 saturated carbocycles. The molecule has 8 heteroatoms. The molecule has 0 amide bonds. The summed E-state index contributed by atoms with van der Waals surface area (Å²) in [4.78, 5) is 23.5. The first-order chi connectivity index (χ1) is 6.80. The van der Waals surface area contributed by atoms with Crippen molar-refractivity contribution in [2.24, 2.45) is 0 Å². The maximum Gasteiger partial charge on any atom is 0.286 e. The Balaban J connectivity index is 2.74. The fourth-order valence-corrected chi connectivity index (χ4v) is 1.11. The quantitative estimate of drug-likeness (QED) is 0.521. The number of carbonyl (C=O) groups is 1. The molecule has 0 unspecified atom stereocenters. The highest BCUT2D eigenvalue weighted by Gasteiger charge is 2.30. The zero-order chi connectivity index (χ0) is 11.6. The van der Waals surface area contributed by atoms with Gasteiger partial charge >= 0.3 is 0 Å². The number of hydrogen-bond acceptors (Lipinski definition) is 3. The van der Waals surface area contributed by atoms with E-state index in [2.05, 4.69) is 4.98 Å². The third-order valence-corrected chi connectivity index (χ3v) is 2.24. The van der Waals surface area contributed by atoms with Gasteiger partial charge in [-0.2, -0.15) is 0 Å². The number of hydrogen-bond donors (Lipinski definition) is 1. The van der Waals surface area contributed by atoms with Gasteiger partial charge in [-0.15, -0.1) is 0 Å². The molecule has 0 spiro atoms. The van der Waals surface area contributed by atoms with Crippen LogP contribution in [0.1, 0.15) is 5.69 Å². The van der Waals surface area contributed by atoms with E-state index in [1.165, 1.54) is 12.3 Å². The molecule has 0 atom stereocenters. The Kier molecular flexibility index (Phi) is 3.59. The summed E-state index contributed by atoms with van der Waals surface area (Å²) in [5.74, 6) is -0.649. The maximum atomic E-state index is 11.2. The van der Waals surface area contributed by atoms with Crippen LogP contribution in [0, 0.1) is 10.1 Å². The van der Waals surface area contributed by atoms with E-state index in [-0.39, 0.29) is 12.1 Å². The second-order valence-electron chi connectivity index (χ2n) is 2.74. The number of rotatable bonds is 3. The van der Waals surface area contributed by atoms with Gasteiger partial charge in [0.1, 0.15) is 0 Å². The second-order valence-corrected chi connectivity index (χ2v) is 5.02. The summed E-state index contributed by atoms with van der Waals surface area (Å²) in [6.07, 6.45) is 0.978. The molecule has 0 aliphatic heterocycles. The van der Waals surface area contributed by atoms with E-state index in [0.29, 0.717) is 5.69 Å². The predicted molar refractivity (Wildman–Crippen MR) is 56.4 cm³/mol. The van der Waals surface area contributed by atoms with Crippen LogP contribution in [0.25, 0.3) is 0 Å². The number of H-pyrrole nitrogens is 1. The Labute approximate surface area is 99.5 Å². The van der Waals surface area contributed by atoms with E-state index in [9.17, 15) is 14.9 Å². The molecule has 1 rings (SSSR count). The lowest BCUT2D eigenvalue weighted by Gasteiger charge is -2.07. The molecule has 1 aromatic rings.